The van der Waals surface area contributed by atoms with Crippen molar-refractivity contribution in [2.75, 3.05) is 20.1 Å². The molecule has 2 aromatic rings. The minimum Gasteiger partial charge on any atom is -0.339 e. The molecule has 0 aromatic carbocycles. The second kappa shape index (κ2) is 6.64. The molecule has 3 heterocycles. The summed E-state index contributed by atoms with van der Waals surface area (Å²) < 4.78 is 7.24. The van der Waals surface area contributed by atoms with Gasteiger partial charge in [-0.15, -0.1) is 0 Å². The van der Waals surface area contributed by atoms with Gasteiger partial charge in [0.15, 0.2) is 5.82 Å². The lowest BCUT2D eigenvalue weighted by atomic mass is 10.0. The van der Waals surface area contributed by atoms with Crippen molar-refractivity contribution >= 4 is 0 Å². The Bertz CT molecular complexity index is 676. The summed E-state index contributed by atoms with van der Waals surface area (Å²) in [6.07, 6.45) is 8.91. The number of aryl methyl sites for hydroxylation is 1. The Labute approximate surface area is 142 Å². The fraction of sp³-hybridized carbons (Fsp3) is 0.706. The van der Waals surface area contributed by atoms with Gasteiger partial charge in [-0.05, 0) is 39.3 Å². The van der Waals surface area contributed by atoms with E-state index in [2.05, 4.69) is 38.3 Å². The molecule has 0 unspecified atom stereocenters. The van der Waals surface area contributed by atoms with Gasteiger partial charge < -0.3 is 4.52 Å². The lowest BCUT2D eigenvalue weighted by Gasteiger charge is -2.37. The topological polar surface area (TPSA) is 63.2 Å². The number of hydrogen-bond donors (Lipinski definition) is 0. The molecule has 24 heavy (non-hydrogen) atoms. The molecule has 4 rings (SSSR count). The highest BCUT2D eigenvalue weighted by molar-refractivity contribution is 5.04. The van der Waals surface area contributed by atoms with Gasteiger partial charge in [-0.1, -0.05) is 5.16 Å². The first-order chi connectivity index (χ1) is 11.7. The Balaban J connectivity index is 1.32. The van der Waals surface area contributed by atoms with Crippen molar-refractivity contribution in [2.24, 2.45) is 7.05 Å². The van der Waals surface area contributed by atoms with Gasteiger partial charge in [0.2, 0.25) is 5.89 Å². The van der Waals surface area contributed by atoms with Gasteiger partial charge in [-0.25, -0.2) is 0 Å². The molecule has 1 aliphatic carbocycles. The van der Waals surface area contributed by atoms with Crippen molar-refractivity contribution in [3.8, 4) is 0 Å². The molecule has 1 atom stereocenters. The molecule has 2 aliphatic rings. The molecule has 1 saturated carbocycles. The third-order valence-corrected chi connectivity index (χ3v) is 5.07. The van der Waals surface area contributed by atoms with Gasteiger partial charge in [-0.3, -0.25) is 14.5 Å². The second-order valence-corrected chi connectivity index (χ2v) is 7.29. The van der Waals surface area contributed by atoms with E-state index in [0.717, 1.165) is 37.9 Å². The number of aromatic nitrogens is 4. The van der Waals surface area contributed by atoms with E-state index < -0.39 is 0 Å². The summed E-state index contributed by atoms with van der Waals surface area (Å²) in [5.41, 5.74) is 1.27. The summed E-state index contributed by atoms with van der Waals surface area (Å²) in [7, 11) is 4.17. The Morgan fingerprint density at radius 2 is 2.21 bits per heavy atom. The van der Waals surface area contributed by atoms with Crippen LogP contribution < -0.4 is 0 Å². The van der Waals surface area contributed by atoms with Crippen molar-refractivity contribution in [2.45, 2.75) is 50.7 Å². The lowest BCUT2D eigenvalue weighted by Crippen LogP contribution is -2.45. The van der Waals surface area contributed by atoms with E-state index in [-0.39, 0.29) is 0 Å². The lowest BCUT2D eigenvalue weighted by molar-refractivity contribution is 0.105. The number of piperidine rings is 1. The zero-order valence-electron chi connectivity index (χ0n) is 14.6. The predicted octanol–water partition coefficient (Wildman–Crippen LogP) is 1.78. The zero-order chi connectivity index (χ0) is 16.5. The second-order valence-electron chi connectivity index (χ2n) is 7.29. The molecule has 1 saturated heterocycles. The summed E-state index contributed by atoms with van der Waals surface area (Å²) in [5.74, 6) is 2.21. The standard InChI is InChI=1S/C17H26N6O/c1-21(9-13-8-18-22(2)10-13)15-4-3-7-23(11-15)12-16-19-17(24-20-16)14-5-6-14/h8,10,14-15H,3-7,9,11-12H2,1-2H3/t15-/m1/s1. The Kier molecular flexibility index (Phi) is 4.37. The predicted molar refractivity (Wildman–Crippen MR) is 89.2 cm³/mol. The molecule has 0 radical (unpaired) electrons. The van der Waals surface area contributed by atoms with Gasteiger partial charge in [-0.2, -0.15) is 10.1 Å². The van der Waals surface area contributed by atoms with Crippen molar-refractivity contribution in [1.82, 2.24) is 29.7 Å². The fourth-order valence-corrected chi connectivity index (χ4v) is 3.53. The van der Waals surface area contributed by atoms with Crippen LogP contribution in [-0.4, -0.2) is 55.9 Å². The maximum absolute atomic E-state index is 5.38. The monoisotopic (exact) mass is 330 g/mol. The SMILES string of the molecule is CN(Cc1cnn(C)c1)[C@@H]1CCCN(Cc2noc(C3CC3)n2)C1. The molecule has 1 aliphatic heterocycles. The molecular weight excluding hydrogens is 304 g/mol. The zero-order valence-corrected chi connectivity index (χ0v) is 14.6. The van der Waals surface area contributed by atoms with Crippen molar-refractivity contribution in [3.05, 3.63) is 29.7 Å². The van der Waals surface area contributed by atoms with Crippen LogP contribution >= 0.6 is 0 Å². The number of hydrogen-bond acceptors (Lipinski definition) is 6. The molecule has 0 bridgehead atoms. The van der Waals surface area contributed by atoms with Gasteiger partial charge in [0.05, 0.1) is 12.7 Å². The molecule has 0 amide bonds. The van der Waals surface area contributed by atoms with Crippen LogP contribution in [0.3, 0.4) is 0 Å². The minimum absolute atomic E-state index is 0.533. The Hall–Kier alpha value is -1.73. The summed E-state index contributed by atoms with van der Waals surface area (Å²) in [4.78, 5) is 9.46. The van der Waals surface area contributed by atoms with E-state index in [0.29, 0.717) is 12.0 Å². The van der Waals surface area contributed by atoms with Crippen LogP contribution in [0.4, 0.5) is 0 Å². The van der Waals surface area contributed by atoms with E-state index >= 15 is 0 Å². The third kappa shape index (κ3) is 3.67. The van der Waals surface area contributed by atoms with Crippen LogP contribution in [0.25, 0.3) is 0 Å². The molecule has 7 heteroatoms. The quantitative estimate of drug-likeness (QED) is 0.804. The first kappa shape index (κ1) is 15.8. The maximum atomic E-state index is 5.38. The van der Waals surface area contributed by atoms with E-state index in [1.165, 1.54) is 31.2 Å². The van der Waals surface area contributed by atoms with Crippen LogP contribution in [0.2, 0.25) is 0 Å². The maximum Gasteiger partial charge on any atom is 0.229 e. The van der Waals surface area contributed by atoms with Crippen molar-refractivity contribution in [1.29, 1.82) is 0 Å². The molecule has 7 nitrogen and oxygen atoms in total. The summed E-state index contributed by atoms with van der Waals surface area (Å²) in [6.45, 7) is 3.92. The molecule has 0 N–H and O–H groups in total. The largest absolute Gasteiger partial charge is 0.339 e. The van der Waals surface area contributed by atoms with Gasteiger partial charge in [0.25, 0.3) is 0 Å². The number of likely N-dealkylation sites (tertiary alicyclic amines) is 1. The van der Waals surface area contributed by atoms with Gasteiger partial charge in [0, 0.05) is 43.9 Å². The molecular formula is C17H26N6O. The number of likely N-dealkylation sites (N-methyl/N-ethyl adjacent to an activating group) is 1. The molecule has 130 valence electrons. The van der Waals surface area contributed by atoms with Crippen LogP contribution in [0.15, 0.2) is 16.9 Å². The van der Waals surface area contributed by atoms with E-state index in [1.54, 1.807) is 0 Å². The summed E-state index contributed by atoms with van der Waals surface area (Å²) in [5, 5.41) is 8.42. The highest BCUT2D eigenvalue weighted by Gasteiger charge is 2.30. The van der Waals surface area contributed by atoms with E-state index in [1.807, 2.05) is 17.9 Å². The molecule has 2 aromatic heterocycles. The van der Waals surface area contributed by atoms with Crippen LogP contribution in [-0.2, 0) is 20.1 Å². The van der Waals surface area contributed by atoms with Gasteiger partial charge in [0.1, 0.15) is 0 Å². The number of rotatable bonds is 6. The molecule has 2 fully saturated rings. The summed E-state index contributed by atoms with van der Waals surface area (Å²) >= 11 is 0. The van der Waals surface area contributed by atoms with E-state index in [9.17, 15) is 0 Å². The first-order valence-corrected chi connectivity index (χ1v) is 8.90. The number of nitrogens with zero attached hydrogens (tertiary/aromatic N) is 6. The average molecular weight is 330 g/mol. The van der Waals surface area contributed by atoms with Crippen LogP contribution in [0.5, 0.6) is 0 Å². The smallest absolute Gasteiger partial charge is 0.229 e. The van der Waals surface area contributed by atoms with E-state index in [4.69, 9.17) is 4.52 Å². The van der Waals surface area contributed by atoms with Crippen molar-refractivity contribution in [3.63, 3.8) is 0 Å². The highest BCUT2D eigenvalue weighted by Crippen LogP contribution is 2.38. The normalized spacial score (nSPS) is 22.4. The Morgan fingerprint density at radius 3 is 2.96 bits per heavy atom. The van der Waals surface area contributed by atoms with Crippen LogP contribution in [0, 0.1) is 0 Å². The average Bonchev–Trinajstić information content (AvgIpc) is 3.19. The first-order valence-electron chi connectivity index (χ1n) is 8.90. The third-order valence-electron chi connectivity index (χ3n) is 5.07. The summed E-state index contributed by atoms with van der Waals surface area (Å²) in [6, 6.07) is 0.564. The van der Waals surface area contributed by atoms with Crippen LogP contribution in [0.1, 0.15) is 48.9 Å². The highest BCUT2D eigenvalue weighted by atomic mass is 16.5. The van der Waals surface area contributed by atoms with Crippen molar-refractivity contribution < 1.29 is 4.52 Å². The fourth-order valence-electron chi connectivity index (χ4n) is 3.53. The van der Waals surface area contributed by atoms with Gasteiger partial charge >= 0.3 is 0 Å². The minimum atomic E-state index is 0.533. The Morgan fingerprint density at radius 1 is 1.33 bits per heavy atom. The molecule has 0 spiro atoms.